The van der Waals surface area contributed by atoms with Gasteiger partial charge in [-0.3, -0.25) is 9.59 Å². The van der Waals surface area contributed by atoms with Crippen LogP contribution in [0.1, 0.15) is 6.92 Å². The molecule has 0 bridgehead atoms. The lowest BCUT2D eigenvalue weighted by Crippen LogP contribution is -2.66. The van der Waals surface area contributed by atoms with E-state index in [9.17, 15) is 19.8 Å². The number of hydrogen-bond donors (Lipinski definition) is 5. The van der Waals surface area contributed by atoms with E-state index in [2.05, 4.69) is 5.32 Å². The fraction of sp³-hybridized carbons (Fsp3) is 0.778. The fourth-order valence-corrected chi connectivity index (χ4v) is 1.76. The molecular weight excluding hydrogens is 232 g/mol. The van der Waals surface area contributed by atoms with Gasteiger partial charge in [-0.2, -0.15) is 0 Å². The van der Waals surface area contributed by atoms with Crippen LogP contribution in [-0.4, -0.2) is 64.2 Å². The second-order valence-corrected chi connectivity index (χ2v) is 3.89. The van der Waals surface area contributed by atoms with Crippen LogP contribution in [0.2, 0.25) is 0 Å². The number of ether oxygens (including phenoxy) is 1. The van der Waals surface area contributed by atoms with E-state index in [1.54, 1.807) is 0 Å². The van der Waals surface area contributed by atoms with Crippen molar-refractivity contribution in [3.8, 4) is 0 Å². The smallest absolute Gasteiger partial charge is 0.248 e. The Morgan fingerprint density at radius 2 is 1.94 bits per heavy atom. The second-order valence-electron chi connectivity index (χ2n) is 3.89. The highest BCUT2D eigenvalue weighted by atomic mass is 16.5. The largest absolute Gasteiger partial charge is 0.394 e. The maximum absolute atomic E-state index is 11.1. The van der Waals surface area contributed by atoms with E-state index >= 15 is 0 Å². The molecule has 2 amide bonds. The van der Waals surface area contributed by atoms with Crippen LogP contribution < -0.4 is 11.1 Å². The summed E-state index contributed by atoms with van der Waals surface area (Å²) in [6, 6.07) is -1.14. The highest BCUT2D eigenvalue weighted by molar-refractivity contribution is 5.81. The SMILES string of the molecule is CC(=O)N[C@@H]1C(C(N)=O)O[C@H](CO)[C@@H](O)[C@@H]1O. The van der Waals surface area contributed by atoms with Crippen molar-refractivity contribution >= 4 is 11.8 Å². The molecule has 8 nitrogen and oxygen atoms in total. The maximum Gasteiger partial charge on any atom is 0.248 e. The van der Waals surface area contributed by atoms with E-state index in [0.29, 0.717) is 0 Å². The van der Waals surface area contributed by atoms with Crippen molar-refractivity contribution in [1.29, 1.82) is 0 Å². The Labute approximate surface area is 97.4 Å². The van der Waals surface area contributed by atoms with E-state index < -0.39 is 48.9 Å². The molecule has 1 aliphatic heterocycles. The minimum Gasteiger partial charge on any atom is -0.394 e. The quantitative estimate of drug-likeness (QED) is 0.350. The molecule has 0 aromatic heterocycles. The first-order chi connectivity index (χ1) is 7.88. The van der Waals surface area contributed by atoms with E-state index in [4.69, 9.17) is 15.6 Å². The predicted molar refractivity (Wildman–Crippen MR) is 54.6 cm³/mol. The van der Waals surface area contributed by atoms with Crippen molar-refractivity contribution in [2.45, 2.75) is 37.4 Å². The van der Waals surface area contributed by atoms with Gasteiger partial charge in [-0.1, -0.05) is 0 Å². The van der Waals surface area contributed by atoms with Crippen molar-refractivity contribution in [2.75, 3.05) is 6.61 Å². The summed E-state index contributed by atoms with van der Waals surface area (Å²) in [6.07, 6.45) is -5.27. The number of hydrogen-bond acceptors (Lipinski definition) is 6. The molecule has 6 N–H and O–H groups in total. The first-order valence-corrected chi connectivity index (χ1v) is 5.07. The number of nitrogens with two attached hydrogens (primary N) is 1. The summed E-state index contributed by atoms with van der Waals surface area (Å²) in [5, 5.41) is 30.5. The van der Waals surface area contributed by atoms with Crippen LogP contribution in [0.4, 0.5) is 0 Å². The summed E-state index contributed by atoms with van der Waals surface area (Å²) >= 11 is 0. The van der Waals surface area contributed by atoms with E-state index in [0.717, 1.165) is 0 Å². The number of carbonyl (C=O) groups excluding carboxylic acids is 2. The lowest BCUT2D eigenvalue weighted by Gasteiger charge is -2.41. The molecule has 0 spiro atoms. The molecule has 5 atom stereocenters. The molecule has 17 heavy (non-hydrogen) atoms. The van der Waals surface area contributed by atoms with Crippen molar-refractivity contribution in [3.63, 3.8) is 0 Å². The van der Waals surface area contributed by atoms with Crippen LogP contribution in [0.3, 0.4) is 0 Å². The summed E-state index contributed by atoms with van der Waals surface area (Å²) in [5.74, 6) is -1.40. The Morgan fingerprint density at radius 1 is 1.35 bits per heavy atom. The molecule has 1 saturated heterocycles. The Balaban J connectivity index is 2.90. The minimum absolute atomic E-state index is 0.501. The van der Waals surface area contributed by atoms with Gasteiger partial charge in [-0.15, -0.1) is 0 Å². The molecule has 0 saturated carbocycles. The van der Waals surface area contributed by atoms with Gasteiger partial charge in [0.25, 0.3) is 0 Å². The average Bonchev–Trinajstić information content (AvgIpc) is 2.24. The lowest BCUT2D eigenvalue weighted by molar-refractivity contribution is -0.196. The lowest BCUT2D eigenvalue weighted by atomic mass is 9.92. The monoisotopic (exact) mass is 248 g/mol. The Morgan fingerprint density at radius 3 is 2.35 bits per heavy atom. The summed E-state index contributed by atoms with van der Waals surface area (Å²) in [5.41, 5.74) is 5.07. The number of amides is 2. The van der Waals surface area contributed by atoms with E-state index in [-0.39, 0.29) is 0 Å². The van der Waals surface area contributed by atoms with Crippen LogP contribution in [0, 0.1) is 0 Å². The Kier molecular flexibility index (Phi) is 4.40. The summed E-state index contributed by atoms with van der Waals surface area (Å²) in [6.45, 7) is 0.615. The zero-order chi connectivity index (χ0) is 13.2. The number of aliphatic hydroxyl groups is 3. The average molecular weight is 248 g/mol. The van der Waals surface area contributed by atoms with Gasteiger partial charge in [0, 0.05) is 6.92 Å². The number of rotatable bonds is 3. The van der Waals surface area contributed by atoms with Crippen LogP contribution in [0.25, 0.3) is 0 Å². The zero-order valence-electron chi connectivity index (χ0n) is 9.24. The highest BCUT2D eigenvalue weighted by Gasteiger charge is 2.46. The van der Waals surface area contributed by atoms with Gasteiger partial charge in [-0.25, -0.2) is 0 Å². The van der Waals surface area contributed by atoms with E-state index in [1.165, 1.54) is 6.92 Å². The van der Waals surface area contributed by atoms with Crippen LogP contribution in [0.5, 0.6) is 0 Å². The van der Waals surface area contributed by atoms with Gasteiger partial charge in [0.05, 0.1) is 12.6 Å². The van der Waals surface area contributed by atoms with Gasteiger partial charge in [0.2, 0.25) is 11.8 Å². The first-order valence-electron chi connectivity index (χ1n) is 5.07. The summed E-state index contributed by atoms with van der Waals surface area (Å²) in [7, 11) is 0. The fourth-order valence-electron chi connectivity index (χ4n) is 1.76. The molecule has 98 valence electrons. The third kappa shape index (κ3) is 2.91. The van der Waals surface area contributed by atoms with Crippen molar-refractivity contribution in [2.24, 2.45) is 5.73 Å². The number of aliphatic hydroxyl groups excluding tert-OH is 3. The summed E-state index contributed by atoms with van der Waals surface area (Å²) < 4.78 is 5.04. The predicted octanol–water partition coefficient (Wildman–Crippen LogP) is -3.54. The molecular formula is C9H16N2O6. The van der Waals surface area contributed by atoms with Crippen LogP contribution >= 0.6 is 0 Å². The topological polar surface area (TPSA) is 142 Å². The number of nitrogens with one attached hydrogen (secondary N) is 1. The number of carbonyl (C=O) groups is 2. The standard InChI is InChI=1S/C9H16N2O6/c1-3(13)11-5-7(15)6(14)4(2-12)17-8(5)9(10)16/h4-8,12,14-15H,2H2,1H3,(H2,10,16)(H,11,13)/t4-,5+,6-,7-,8?/m1/s1. The normalized spacial score (nSPS) is 37.5. The molecule has 1 fully saturated rings. The zero-order valence-corrected chi connectivity index (χ0v) is 9.24. The number of primary amides is 1. The van der Waals surface area contributed by atoms with Crippen LogP contribution in [0.15, 0.2) is 0 Å². The second kappa shape index (κ2) is 5.41. The first kappa shape index (κ1) is 13.8. The maximum atomic E-state index is 11.1. The molecule has 1 unspecified atom stereocenters. The Hall–Kier alpha value is -1.22. The molecule has 0 aromatic carbocycles. The minimum atomic E-state index is -1.44. The van der Waals surface area contributed by atoms with Gasteiger partial charge >= 0.3 is 0 Å². The molecule has 8 heteroatoms. The van der Waals surface area contributed by atoms with Gasteiger partial charge in [0.15, 0.2) is 6.10 Å². The molecule has 0 aromatic rings. The van der Waals surface area contributed by atoms with Crippen molar-refractivity contribution < 1.29 is 29.6 Å². The molecule has 1 rings (SSSR count). The van der Waals surface area contributed by atoms with Crippen molar-refractivity contribution in [1.82, 2.24) is 5.32 Å². The molecule has 1 heterocycles. The molecule has 1 aliphatic rings. The van der Waals surface area contributed by atoms with Gasteiger partial charge in [-0.05, 0) is 0 Å². The third-order valence-corrected chi connectivity index (χ3v) is 2.58. The molecule has 0 aliphatic carbocycles. The molecule has 0 radical (unpaired) electrons. The van der Waals surface area contributed by atoms with Gasteiger partial charge in [0.1, 0.15) is 18.3 Å². The summed E-state index contributed by atoms with van der Waals surface area (Å²) in [4.78, 5) is 22.1. The Bertz CT molecular complexity index is 310. The third-order valence-electron chi connectivity index (χ3n) is 2.58. The van der Waals surface area contributed by atoms with Crippen LogP contribution in [-0.2, 0) is 14.3 Å². The van der Waals surface area contributed by atoms with Crippen molar-refractivity contribution in [3.05, 3.63) is 0 Å². The van der Waals surface area contributed by atoms with E-state index in [1.807, 2.05) is 0 Å². The highest BCUT2D eigenvalue weighted by Crippen LogP contribution is 2.21. The van der Waals surface area contributed by atoms with Gasteiger partial charge < -0.3 is 31.1 Å².